The van der Waals surface area contributed by atoms with Gasteiger partial charge in [0.2, 0.25) is 11.9 Å². The number of rotatable bonds is 9. The lowest BCUT2D eigenvalue weighted by molar-refractivity contribution is -0.137. The van der Waals surface area contributed by atoms with Gasteiger partial charge in [-0.05, 0) is 70.1 Å². The summed E-state index contributed by atoms with van der Waals surface area (Å²) in [7, 11) is 3.86. The Morgan fingerprint density at radius 2 is 1.76 bits per heavy atom. The van der Waals surface area contributed by atoms with E-state index >= 15 is 0 Å². The molecule has 1 aromatic heterocycles. The number of hydrogen-bond donors (Lipinski definition) is 3. The number of nitrogens with zero attached hydrogens (tertiary/aromatic N) is 4. The van der Waals surface area contributed by atoms with Crippen LogP contribution in [0.2, 0.25) is 0 Å². The predicted molar refractivity (Wildman–Crippen MR) is 148 cm³/mol. The van der Waals surface area contributed by atoms with Gasteiger partial charge in [-0.3, -0.25) is 9.59 Å². The Morgan fingerprint density at radius 1 is 1.07 bits per heavy atom. The molecule has 224 valence electrons. The Morgan fingerprint density at radius 3 is 2.41 bits per heavy atom. The van der Waals surface area contributed by atoms with Crippen molar-refractivity contribution in [2.75, 3.05) is 51.0 Å². The molecule has 0 spiro atoms. The second kappa shape index (κ2) is 13.5. The molecular weight excluding hydrogens is 542 g/mol. The van der Waals surface area contributed by atoms with E-state index in [4.69, 9.17) is 0 Å². The van der Waals surface area contributed by atoms with Crippen molar-refractivity contribution in [3.05, 3.63) is 41.6 Å². The van der Waals surface area contributed by atoms with E-state index < -0.39 is 42.1 Å². The number of amides is 2. The zero-order valence-electron chi connectivity index (χ0n) is 23.3. The van der Waals surface area contributed by atoms with Crippen molar-refractivity contribution < 1.29 is 27.2 Å². The number of benzene rings is 1. The van der Waals surface area contributed by atoms with Crippen LogP contribution in [0.25, 0.3) is 0 Å². The van der Waals surface area contributed by atoms with Crippen molar-refractivity contribution in [1.82, 2.24) is 25.1 Å². The number of anilines is 3. The third-order valence-electron chi connectivity index (χ3n) is 7.86. The fraction of sp³-hybridized carbons (Fsp3) is 0.571. The molecule has 0 bridgehead atoms. The number of nitrogens with one attached hydrogen (secondary N) is 3. The first-order valence-electron chi connectivity index (χ1n) is 13.9. The van der Waals surface area contributed by atoms with Crippen LogP contribution in [0.15, 0.2) is 30.5 Å². The van der Waals surface area contributed by atoms with E-state index in [0.29, 0.717) is 30.3 Å². The zero-order valence-corrected chi connectivity index (χ0v) is 23.3. The Kier molecular flexibility index (Phi) is 10.0. The number of halogens is 4. The molecule has 9 nitrogen and oxygen atoms in total. The van der Waals surface area contributed by atoms with Gasteiger partial charge in [0.05, 0.1) is 5.92 Å². The molecule has 13 heteroatoms. The number of aromatic nitrogens is 2. The van der Waals surface area contributed by atoms with Crippen LogP contribution >= 0.6 is 0 Å². The average molecular weight is 580 g/mol. The molecular formula is C28H37F4N7O2. The number of carbonyl (C=O) groups excluding carboxylic acids is 2. The average Bonchev–Trinajstić information content (AvgIpc) is 2.96. The van der Waals surface area contributed by atoms with E-state index in [1.54, 1.807) is 36.2 Å². The first-order valence-corrected chi connectivity index (χ1v) is 13.9. The number of alkyl halides is 4. The summed E-state index contributed by atoms with van der Waals surface area (Å²) < 4.78 is 54.0. The van der Waals surface area contributed by atoms with Crippen LogP contribution in [0, 0.1) is 5.92 Å². The minimum absolute atomic E-state index is 0.0720. The maximum absolute atomic E-state index is 13.8. The zero-order chi connectivity index (χ0) is 29.6. The SMILES string of the molecule is CN1CCC(N(C)C(=O)c2ccc(Nc3ncc(C(F)(F)F)c(N[C@@H]4CCCC[C@@H]4C(=O)NCCF)n3)cc2)CC1. The Bertz CT molecular complexity index is 1190. The summed E-state index contributed by atoms with van der Waals surface area (Å²) in [5.41, 5.74) is -0.0492. The van der Waals surface area contributed by atoms with Gasteiger partial charge < -0.3 is 25.8 Å². The highest BCUT2D eigenvalue weighted by molar-refractivity contribution is 5.94. The number of piperidine rings is 1. The highest BCUT2D eigenvalue weighted by atomic mass is 19.4. The molecule has 2 atom stereocenters. The van der Waals surface area contributed by atoms with Crippen LogP contribution in [0.3, 0.4) is 0 Å². The van der Waals surface area contributed by atoms with E-state index in [2.05, 4.69) is 37.9 Å². The van der Waals surface area contributed by atoms with Crippen LogP contribution in [-0.2, 0) is 11.0 Å². The summed E-state index contributed by atoms with van der Waals surface area (Å²) >= 11 is 0. The predicted octanol–water partition coefficient (Wildman–Crippen LogP) is 4.46. The van der Waals surface area contributed by atoms with E-state index in [1.165, 1.54) is 0 Å². The van der Waals surface area contributed by atoms with E-state index in [9.17, 15) is 27.2 Å². The molecule has 1 aliphatic heterocycles. The van der Waals surface area contributed by atoms with E-state index in [0.717, 1.165) is 38.8 Å². The molecule has 0 unspecified atom stereocenters. The molecule has 3 N–H and O–H groups in total. The largest absolute Gasteiger partial charge is 0.421 e. The molecule has 2 heterocycles. The first kappa shape index (κ1) is 30.5. The van der Waals surface area contributed by atoms with Crippen molar-refractivity contribution in [3.63, 3.8) is 0 Å². The molecule has 2 aliphatic rings. The quantitative estimate of drug-likeness (QED) is 0.377. The van der Waals surface area contributed by atoms with E-state index in [1.807, 2.05) is 0 Å². The van der Waals surface area contributed by atoms with E-state index in [-0.39, 0.29) is 24.4 Å². The second-order valence-corrected chi connectivity index (χ2v) is 10.7. The number of carbonyl (C=O) groups is 2. The normalized spacial score (nSPS) is 20.3. The van der Waals surface area contributed by atoms with Crippen LogP contribution in [0.5, 0.6) is 0 Å². The van der Waals surface area contributed by atoms with Crippen molar-refractivity contribution in [2.24, 2.45) is 5.92 Å². The highest BCUT2D eigenvalue weighted by Gasteiger charge is 2.38. The minimum Gasteiger partial charge on any atom is -0.366 e. The van der Waals surface area contributed by atoms with Crippen LogP contribution in [0.4, 0.5) is 35.0 Å². The second-order valence-electron chi connectivity index (χ2n) is 10.7. The maximum Gasteiger partial charge on any atom is 0.421 e. The fourth-order valence-corrected chi connectivity index (χ4v) is 5.43. The Labute approximate surface area is 237 Å². The highest BCUT2D eigenvalue weighted by Crippen LogP contribution is 2.36. The Hall–Kier alpha value is -3.48. The standard InChI is InChI=1S/C28H37F4N7O2/c1-38-15-11-20(12-16-38)39(2)26(41)18-7-9-19(10-8-18)35-27-34-17-22(28(30,31)32)24(37-27)36-23-6-4-3-5-21(23)25(40)33-14-13-29/h7-10,17,20-21,23H,3-6,11-16H2,1-2H3,(H,33,40)(H2,34,35,36,37)/t21-,23+/m0/s1. The topological polar surface area (TPSA) is 102 Å². The van der Waals surface area contributed by atoms with Crippen molar-refractivity contribution in [3.8, 4) is 0 Å². The lowest BCUT2D eigenvalue weighted by atomic mass is 9.83. The van der Waals surface area contributed by atoms with Gasteiger partial charge >= 0.3 is 6.18 Å². The van der Waals surface area contributed by atoms with Gasteiger partial charge in [0.1, 0.15) is 18.1 Å². The molecule has 41 heavy (non-hydrogen) atoms. The smallest absolute Gasteiger partial charge is 0.366 e. The fourth-order valence-electron chi connectivity index (χ4n) is 5.43. The molecule has 2 fully saturated rings. The summed E-state index contributed by atoms with van der Waals surface area (Å²) in [6, 6.07) is 6.18. The molecule has 1 aliphatic carbocycles. The van der Waals surface area contributed by atoms with Gasteiger partial charge in [-0.2, -0.15) is 18.2 Å². The van der Waals surface area contributed by atoms with Crippen molar-refractivity contribution in [1.29, 1.82) is 0 Å². The molecule has 4 rings (SSSR count). The molecule has 2 aromatic rings. The van der Waals surface area contributed by atoms with Crippen molar-refractivity contribution >= 4 is 29.3 Å². The van der Waals surface area contributed by atoms with Crippen molar-refractivity contribution in [2.45, 2.75) is 56.8 Å². The van der Waals surface area contributed by atoms with Gasteiger partial charge in [-0.25, -0.2) is 9.37 Å². The summed E-state index contributed by atoms with van der Waals surface area (Å²) in [6.45, 7) is 1.00. The summed E-state index contributed by atoms with van der Waals surface area (Å²) in [5.74, 6) is -1.60. The van der Waals surface area contributed by atoms with Crippen LogP contribution < -0.4 is 16.0 Å². The molecule has 0 radical (unpaired) electrons. The molecule has 1 aromatic carbocycles. The molecule has 2 amide bonds. The number of likely N-dealkylation sites (tertiary alicyclic amines) is 1. The molecule has 1 saturated carbocycles. The monoisotopic (exact) mass is 579 g/mol. The van der Waals surface area contributed by atoms with Gasteiger partial charge in [-0.15, -0.1) is 0 Å². The number of hydrogen-bond acceptors (Lipinski definition) is 7. The summed E-state index contributed by atoms with van der Waals surface area (Å²) in [6.07, 6.45) is 0.232. The third kappa shape index (κ3) is 7.84. The van der Waals surface area contributed by atoms with Gasteiger partial charge in [0.15, 0.2) is 0 Å². The lowest BCUT2D eigenvalue weighted by Crippen LogP contribution is -2.44. The third-order valence-corrected chi connectivity index (χ3v) is 7.86. The Balaban J connectivity index is 1.48. The lowest BCUT2D eigenvalue weighted by Gasteiger charge is -2.35. The van der Waals surface area contributed by atoms with Gasteiger partial charge in [0.25, 0.3) is 5.91 Å². The van der Waals surface area contributed by atoms with Crippen LogP contribution in [-0.4, -0.2) is 84.1 Å². The molecule has 1 saturated heterocycles. The summed E-state index contributed by atoms with van der Waals surface area (Å²) in [5, 5.41) is 8.24. The first-order chi connectivity index (χ1) is 19.6. The minimum atomic E-state index is -4.72. The summed E-state index contributed by atoms with van der Waals surface area (Å²) in [4.78, 5) is 37.5. The van der Waals surface area contributed by atoms with Gasteiger partial charge in [-0.1, -0.05) is 12.8 Å². The van der Waals surface area contributed by atoms with Crippen LogP contribution in [0.1, 0.15) is 54.4 Å². The maximum atomic E-state index is 13.8. The van der Waals surface area contributed by atoms with Gasteiger partial charge in [0, 0.05) is 43.1 Å².